The molecule has 1 amide bonds. The fourth-order valence-corrected chi connectivity index (χ4v) is 4.19. The number of nitrogens with one attached hydrogen (secondary N) is 1. The van der Waals surface area contributed by atoms with E-state index >= 15 is 0 Å². The highest BCUT2D eigenvalue weighted by Gasteiger charge is 2.25. The van der Waals surface area contributed by atoms with Crippen molar-refractivity contribution in [3.63, 3.8) is 0 Å². The van der Waals surface area contributed by atoms with Crippen molar-refractivity contribution in [1.82, 2.24) is 19.9 Å². The Labute approximate surface area is 184 Å². The minimum atomic E-state index is -1.17. The van der Waals surface area contributed by atoms with Gasteiger partial charge in [0, 0.05) is 32.7 Å². The Morgan fingerprint density at radius 1 is 1.13 bits per heavy atom. The number of fused-ring (bicyclic) bond motifs is 1. The van der Waals surface area contributed by atoms with E-state index < -0.39 is 12.1 Å². The molecule has 1 saturated heterocycles. The third-order valence-corrected chi connectivity index (χ3v) is 5.77. The number of carbonyl (C=O) groups is 1. The largest absolute Gasteiger partial charge is 0.465 e. The number of benzene rings is 2. The molecule has 0 radical (unpaired) electrons. The summed E-state index contributed by atoms with van der Waals surface area (Å²) in [4.78, 5) is 31.6. The average Bonchev–Trinajstić information content (AvgIpc) is 2.74. The maximum absolute atomic E-state index is 13.4. The van der Waals surface area contributed by atoms with Crippen molar-refractivity contribution < 1.29 is 9.90 Å². The summed E-state index contributed by atoms with van der Waals surface area (Å²) in [5.41, 5.74) is 1.40. The Hall–Kier alpha value is -3.10. The molecule has 1 unspecified atom stereocenters. The van der Waals surface area contributed by atoms with Gasteiger partial charge in [-0.25, -0.2) is 14.5 Å². The van der Waals surface area contributed by atoms with Crippen molar-refractivity contribution in [1.29, 1.82) is 0 Å². The first-order chi connectivity index (χ1) is 14.9. The predicted molar refractivity (Wildman–Crippen MR) is 120 cm³/mol. The number of hydrogen-bond acceptors (Lipinski definition) is 5. The molecule has 1 atom stereocenters. The molecule has 3 aromatic rings. The number of aromatic nitrogens is 2. The summed E-state index contributed by atoms with van der Waals surface area (Å²) in [6.45, 7) is 5.27. The van der Waals surface area contributed by atoms with E-state index in [2.05, 4.69) is 27.3 Å². The van der Waals surface area contributed by atoms with Crippen LogP contribution in [0.4, 0.5) is 4.79 Å². The normalized spacial score (nSPS) is 15.7. The summed E-state index contributed by atoms with van der Waals surface area (Å²) in [5.74, 6) is 0.346. The fraction of sp³-hybridized carbons (Fsp3) is 0.318. The highest BCUT2D eigenvalue weighted by atomic mass is 35.5. The summed E-state index contributed by atoms with van der Waals surface area (Å²) in [7, 11) is 0. The van der Waals surface area contributed by atoms with Crippen molar-refractivity contribution in [2.24, 2.45) is 0 Å². The van der Waals surface area contributed by atoms with E-state index in [4.69, 9.17) is 11.6 Å². The first-order valence-electron chi connectivity index (χ1n) is 10.2. The van der Waals surface area contributed by atoms with Gasteiger partial charge in [0.15, 0.2) is 5.82 Å². The topological polar surface area (TPSA) is 90.7 Å². The second-order valence-electron chi connectivity index (χ2n) is 7.61. The van der Waals surface area contributed by atoms with Gasteiger partial charge in [0.1, 0.15) is 0 Å². The van der Waals surface area contributed by atoms with Gasteiger partial charge in [-0.3, -0.25) is 9.69 Å². The summed E-state index contributed by atoms with van der Waals surface area (Å²) in [6, 6.07) is 14.7. The van der Waals surface area contributed by atoms with E-state index in [1.165, 1.54) is 10.2 Å². The van der Waals surface area contributed by atoms with Crippen molar-refractivity contribution in [2.45, 2.75) is 19.5 Å². The Morgan fingerprint density at radius 2 is 1.84 bits per heavy atom. The van der Waals surface area contributed by atoms with Crippen LogP contribution in [0.15, 0.2) is 53.3 Å². The minimum absolute atomic E-state index is 0.291. The van der Waals surface area contributed by atoms with Crippen LogP contribution in [-0.4, -0.2) is 51.9 Å². The lowest BCUT2D eigenvalue weighted by molar-refractivity contribution is 0.189. The smallest absolute Gasteiger partial charge is 0.405 e. The lowest BCUT2D eigenvalue weighted by Gasteiger charge is -2.38. The van der Waals surface area contributed by atoms with E-state index in [0.29, 0.717) is 34.8 Å². The standard InChI is InChI=1S/C22H24ClN5O3/c1-15(24-22(30)31)20-25-18-9-5-8-17(23)19(18)21(29)28(20)27-12-10-26(11-13-27)14-16-6-3-2-4-7-16/h2-9,15,24H,10-14H2,1H3,(H,30,31). The van der Waals surface area contributed by atoms with E-state index in [1.807, 2.05) is 23.2 Å². The van der Waals surface area contributed by atoms with Crippen LogP contribution in [0.2, 0.25) is 5.02 Å². The first kappa shape index (κ1) is 21.1. The molecule has 2 heterocycles. The van der Waals surface area contributed by atoms with Crippen molar-refractivity contribution in [2.75, 3.05) is 31.2 Å². The molecule has 0 saturated carbocycles. The minimum Gasteiger partial charge on any atom is -0.465 e. The van der Waals surface area contributed by atoms with Crippen LogP contribution in [0, 0.1) is 0 Å². The summed E-state index contributed by atoms with van der Waals surface area (Å²) >= 11 is 6.31. The number of halogens is 1. The Balaban J connectivity index is 1.66. The molecule has 1 aromatic heterocycles. The quantitative estimate of drug-likeness (QED) is 0.632. The van der Waals surface area contributed by atoms with E-state index in [-0.39, 0.29) is 5.56 Å². The van der Waals surface area contributed by atoms with Crippen molar-refractivity contribution in [3.05, 3.63) is 75.3 Å². The Bertz CT molecular complexity index is 1140. The third kappa shape index (κ3) is 4.50. The monoisotopic (exact) mass is 441 g/mol. The van der Waals surface area contributed by atoms with Gasteiger partial charge in [-0.05, 0) is 24.6 Å². The van der Waals surface area contributed by atoms with Crippen LogP contribution in [0.5, 0.6) is 0 Å². The van der Waals surface area contributed by atoms with Gasteiger partial charge in [-0.1, -0.05) is 48.0 Å². The van der Waals surface area contributed by atoms with Gasteiger partial charge < -0.3 is 15.4 Å². The van der Waals surface area contributed by atoms with Gasteiger partial charge in [-0.15, -0.1) is 0 Å². The Kier molecular flexibility index (Phi) is 6.11. The summed E-state index contributed by atoms with van der Waals surface area (Å²) < 4.78 is 1.49. The molecule has 2 aromatic carbocycles. The maximum Gasteiger partial charge on any atom is 0.405 e. The molecular formula is C22H24ClN5O3. The van der Waals surface area contributed by atoms with E-state index in [1.54, 1.807) is 25.1 Å². The molecule has 4 rings (SSSR count). The summed E-state index contributed by atoms with van der Waals surface area (Å²) in [6.07, 6.45) is -1.17. The van der Waals surface area contributed by atoms with Gasteiger partial charge >= 0.3 is 6.09 Å². The van der Waals surface area contributed by atoms with Gasteiger partial charge in [0.05, 0.1) is 22.0 Å². The molecule has 1 aliphatic rings. The molecule has 0 bridgehead atoms. The number of amides is 1. The predicted octanol–water partition coefficient (Wildman–Crippen LogP) is 2.83. The average molecular weight is 442 g/mol. The number of carboxylic acid groups (broad SMARTS) is 1. The van der Waals surface area contributed by atoms with Crippen molar-refractivity contribution >= 4 is 28.6 Å². The van der Waals surface area contributed by atoms with Gasteiger partial charge in [0.2, 0.25) is 0 Å². The SMILES string of the molecule is CC(NC(=O)O)c1nc2cccc(Cl)c2c(=O)n1N1CCN(Cc2ccccc2)CC1. The molecule has 1 fully saturated rings. The van der Waals surface area contributed by atoms with Gasteiger partial charge in [-0.2, -0.15) is 0 Å². The van der Waals surface area contributed by atoms with Crippen LogP contribution in [0.3, 0.4) is 0 Å². The fourth-order valence-electron chi connectivity index (χ4n) is 3.94. The maximum atomic E-state index is 13.4. The van der Waals surface area contributed by atoms with Crippen LogP contribution in [0.25, 0.3) is 10.9 Å². The molecule has 0 aliphatic carbocycles. The first-order valence-corrected chi connectivity index (χ1v) is 10.5. The summed E-state index contributed by atoms with van der Waals surface area (Å²) in [5, 5.41) is 14.2. The second-order valence-corrected chi connectivity index (χ2v) is 8.01. The van der Waals surface area contributed by atoms with Crippen molar-refractivity contribution in [3.8, 4) is 0 Å². The lowest BCUT2D eigenvalue weighted by Crippen LogP contribution is -2.55. The van der Waals surface area contributed by atoms with Crippen LogP contribution in [-0.2, 0) is 6.54 Å². The van der Waals surface area contributed by atoms with E-state index in [0.717, 1.165) is 19.6 Å². The molecule has 31 heavy (non-hydrogen) atoms. The zero-order chi connectivity index (χ0) is 22.0. The third-order valence-electron chi connectivity index (χ3n) is 5.46. The molecule has 9 heteroatoms. The van der Waals surface area contributed by atoms with Gasteiger partial charge in [0.25, 0.3) is 5.56 Å². The molecule has 162 valence electrons. The zero-order valence-corrected chi connectivity index (χ0v) is 17.9. The van der Waals surface area contributed by atoms with E-state index in [9.17, 15) is 14.7 Å². The molecule has 0 spiro atoms. The van der Waals surface area contributed by atoms with Crippen LogP contribution in [0.1, 0.15) is 24.4 Å². The molecule has 1 aliphatic heterocycles. The second kappa shape index (κ2) is 8.95. The molecule has 2 N–H and O–H groups in total. The lowest BCUT2D eigenvalue weighted by atomic mass is 10.2. The molecular weight excluding hydrogens is 418 g/mol. The number of rotatable bonds is 5. The van der Waals surface area contributed by atoms with Crippen LogP contribution < -0.4 is 15.9 Å². The Morgan fingerprint density at radius 3 is 2.52 bits per heavy atom. The number of piperazine rings is 1. The number of nitrogens with zero attached hydrogens (tertiary/aromatic N) is 4. The van der Waals surface area contributed by atoms with Crippen LogP contribution >= 0.6 is 11.6 Å². The zero-order valence-electron chi connectivity index (χ0n) is 17.2. The molecule has 8 nitrogen and oxygen atoms in total. The number of hydrogen-bond donors (Lipinski definition) is 2. The highest BCUT2D eigenvalue weighted by molar-refractivity contribution is 6.35. The highest BCUT2D eigenvalue weighted by Crippen LogP contribution is 2.21.